The molecule has 5 N–H and O–H groups in total. The Balaban J connectivity index is -0.000000453. The van der Waals surface area contributed by atoms with Crippen molar-refractivity contribution in [1.82, 2.24) is 39.9 Å². The van der Waals surface area contributed by atoms with E-state index in [4.69, 9.17) is 36.1 Å². The van der Waals surface area contributed by atoms with E-state index in [2.05, 4.69) is 44.6 Å². The van der Waals surface area contributed by atoms with Gasteiger partial charge in [0.25, 0.3) is 5.90 Å². The molecule has 4 aromatic rings. The first kappa shape index (κ1) is 41.7. The maximum atomic E-state index is 8.25. The van der Waals surface area contributed by atoms with E-state index < -0.39 is 0 Å². The van der Waals surface area contributed by atoms with Gasteiger partial charge in [-0.3, -0.25) is 5.41 Å². The standard InChI is InChI=1S/C7H6N4.C6H7N3O.C5H3N3.C4H11NO2.CH4O.CH3O.Na/c1-2-8-6(9-3-1)7-10-4-5-11-7;1-10-5(7)6-8-3-2-4-9-6;6-4-5-7-2-1-3-8-5;1-6-4(3-5)7-2;2*1-2;/h1-5H,(H,10,11);2-4,7H,1H3;1-3H;4H,3,5H2,1-2H3;2H,1H3;1H3;/q;;;;;-1;+1. The van der Waals surface area contributed by atoms with Crippen LogP contribution in [0.15, 0.2) is 67.8 Å². The first-order valence-corrected chi connectivity index (χ1v) is 11.0. The molecular formula is C24H34N11NaO5. The number of methoxy groups -OCH3 is 3. The van der Waals surface area contributed by atoms with Crippen LogP contribution in [-0.2, 0) is 14.2 Å². The zero-order valence-electron chi connectivity index (χ0n) is 23.9. The van der Waals surface area contributed by atoms with Gasteiger partial charge in [-0.05, 0) is 18.2 Å². The molecule has 0 fully saturated rings. The molecule has 0 radical (unpaired) electrons. The van der Waals surface area contributed by atoms with Gasteiger partial charge in [-0.15, -0.1) is 0 Å². The first-order chi connectivity index (χ1) is 19.6. The third-order valence-electron chi connectivity index (χ3n) is 3.63. The van der Waals surface area contributed by atoms with Crippen LogP contribution in [0.25, 0.3) is 11.6 Å². The largest absolute Gasteiger partial charge is 1.00 e. The molecule has 0 amide bonds. The van der Waals surface area contributed by atoms with Crippen molar-refractivity contribution in [1.29, 1.82) is 10.7 Å². The fourth-order valence-electron chi connectivity index (χ4n) is 1.96. The van der Waals surface area contributed by atoms with Gasteiger partial charge in [-0.1, -0.05) is 0 Å². The average Bonchev–Trinajstić information content (AvgIpc) is 3.61. The summed E-state index contributed by atoms with van der Waals surface area (Å²) < 4.78 is 14.0. The van der Waals surface area contributed by atoms with Crippen LogP contribution in [0.1, 0.15) is 11.6 Å². The number of rotatable bonds is 5. The molecule has 0 bridgehead atoms. The summed E-state index contributed by atoms with van der Waals surface area (Å²) in [5, 5.41) is 30.5. The van der Waals surface area contributed by atoms with Crippen LogP contribution in [0, 0.1) is 16.7 Å². The van der Waals surface area contributed by atoms with Gasteiger partial charge >= 0.3 is 29.6 Å². The minimum Gasteiger partial charge on any atom is -0.857 e. The minimum atomic E-state index is -0.236. The van der Waals surface area contributed by atoms with Gasteiger partial charge in [-0.2, -0.15) is 12.4 Å². The predicted molar refractivity (Wildman–Crippen MR) is 143 cm³/mol. The number of hydrogen-bond donors (Lipinski definition) is 4. The zero-order valence-corrected chi connectivity index (χ0v) is 25.9. The second-order valence-electron chi connectivity index (χ2n) is 5.94. The molecule has 0 aliphatic carbocycles. The molecule has 16 nitrogen and oxygen atoms in total. The van der Waals surface area contributed by atoms with Crippen molar-refractivity contribution in [3.63, 3.8) is 0 Å². The molecule has 0 aromatic carbocycles. The Labute approximate surface area is 260 Å². The smallest absolute Gasteiger partial charge is 0.857 e. The van der Waals surface area contributed by atoms with E-state index in [-0.39, 0.29) is 47.6 Å². The Morgan fingerprint density at radius 2 is 1.37 bits per heavy atom. The fraction of sp³-hybridized carbons (Fsp3) is 0.292. The molecule has 4 aromatic heterocycles. The van der Waals surface area contributed by atoms with Crippen molar-refractivity contribution in [2.75, 3.05) is 42.1 Å². The van der Waals surface area contributed by atoms with E-state index in [1.807, 2.05) is 0 Å². The minimum absolute atomic E-state index is 0. The van der Waals surface area contributed by atoms with Crippen LogP contribution in [0.5, 0.6) is 0 Å². The van der Waals surface area contributed by atoms with Gasteiger partial charge in [-0.25, -0.2) is 34.9 Å². The number of aromatic amines is 1. The van der Waals surface area contributed by atoms with Gasteiger partial charge in [0.1, 0.15) is 6.07 Å². The van der Waals surface area contributed by atoms with Crippen LogP contribution < -0.4 is 40.4 Å². The summed E-state index contributed by atoms with van der Waals surface area (Å²) in [6.07, 6.45) is 12.7. The van der Waals surface area contributed by atoms with Crippen LogP contribution >= 0.6 is 0 Å². The number of aliphatic hydroxyl groups is 1. The average molecular weight is 580 g/mol. The second-order valence-corrected chi connectivity index (χ2v) is 5.94. The summed E-state index contributed by atoms with van der Waals surface area (Å²) in [4.78, 5) is 29.8. The van der Waals surface area contributed by atoms with Crippen LogP contribution in [0.2, 0.25) is 0 Å². The molecule has 0 aliphatic heterocycles. The fourth-order valence-corrected chi connectivity index (χ4v) is 1.96. The van der Waals surface area contributed by atoms with Crippen molar-refractivity contribution in [2.45, 2.75) is 6.29 Å². The van der Waals surface area contributed by atoms with E-state index in [0.29, 0.717) is 24.0 Å². The Morgan fingerprint density at radius 3 is 1.68 bits per heavy atom. The summed E-state index contributed by atoms with van der Waals surface area (Å²) in [6, 6.07) is 6.93. The van der Waals surface area contributed by atoms with Crippen LogP contribution in [-0.4, -0.2) is 99.3 Å². The summed E-state index contributed by atoms with van der Waals surface area (Å²) >= 11 is 0. The van der Waals surface area contributed by atoms with Gasteiger partial charge in [0.05, 0.1) is 7.11 Å². The van der Waals surface area contributed by atoms with Gasteiger partial charge < -0.3 is 35.1 Å². The maximum Gasteiger partial charge on any atom is 1.00 e. The van der Waals surface area contributed by atoms with Crippen molar-refractivity contribution < 1.29 is 54.0 Å². The van der Waals surface area contributed by atoms with E-state index in [0.717, 1.165) is 14.2 Å². The van der Waals surface area contributed by atoms with Crippen molar-refractivity contribution in [2.24, 2.45) is 5.73 Å². The van der Waals surface area contributed by atoms with Crippen LogP contribution in [0.4, 0.5) is 0 Å². The molecule has 41 heavy (non-hydrogen) atoms. The number of aromatic nitrogens is 8. The predicted octanol–water partition coefficient (Wildman–Crippen LogP) is -3.18. The molecule has 4 heterocycles. The number of nitrogens with two attached hydrogens (primary N) is 1. The number of hydrogen-bond acceptors (Lipinski definition) is 15. The molecule has 0 saturated carbocycles. The quantitative estimate of drug-likeness (QED) is 0.0787. The Hall–Kier alpha value is -3.79. The Kier molecular flexibility index (Phi) is 31.3. The summed E-state index contributed by atoms with van der Waals surface area (Å²) in [6.45, 7) is 0.410. The van der Waals surface area contributed by atoms with Gasteiger partial charge in [0, 0.05) is 77.4 Å². The third-order valence-corrected chi connectivity index (χ3v) is 3.63. The monoisotopic (exact) mass is 579 g/mol. The Morgan fingerprint density at radius 1 is 0.902 bits per heavy atom. The second kappa shape index (κ2) is 30.7. The van der Waals surface area contributed by atoms with E-state index in [1.54, 1.807) is 75.7 Å². The summed E-state index contributed by atoms with van der Waals surface area (Å²) in [5.41, 5.74) is 5.14. The number of imidazole rings is 1. The number of aliphatic hydroxyl groups excluding tert-OH is 1. The normalized spacial score (nSPS) is 8.39. The molecule has 0 aliphatic rings. The molecule has 4 rings (SSSR count). The maximum absolute atomic E-state index is 8.25. The molecule has 0 atom stereocenters. The number of nitrogens with zero attached hydrogens (tertiary/aromatic N) is 8. The topological polar surface area (TPSA) is 251 Å². The van der Waals surface area contributed by atoms with Crippen molar-refractivity contribution >= 4 is 5.90 Å². The van der Waals surface area contributed by atoms with Crippen molar-refractivity contribution in [3.05, 3.63) is 79.4 Å². The van der Waals surface area contributed by atoms with Gasteiger partial charge in [0.2, 0.25) is 11.6 Å². The number of ether oxygens (including phenoxy) is 3. The first-order valence-electron chi connectivity index (χ1n) is 11.0. The van der Waals surface area contributed by atoms with Crippen molar-refractivity contribution in [3.8, 4) is 17.7 Å². The zero-order chi connectivity index (χ0) is 30.4. The molecule has 216 valence electrons. The summed E-state index contributed by atoms with van der Waals surface area (Å²) in [5.74, 6) is 1.83. The van der Waals surface area contributed by atoms with E-state index >= 15 is 0 Å². The third kappa shape index (κ3) is 20.7. The molecule has 0 unspecified atom stereocenters. The van der Waals surface area contributed by atoms with Crippen LogP contribution in [0.3, 0.4) is 0 Å². The molecule has 0 spiro atoms. The van der Waals surface area contributed by atoms with E-state index in [1.165, 1.54) is 19.5 Å². The number of H-pyrrole nitrogens is 1. The molecule has 17 heteroatoms. The SMILES string of the molecule is CO.COC(=N)c1ncccn1.COC(CN)OC.C[O-].N#Cc1ncccn1.[Na+].c1cnc(-c2ncc[nH]2)nc1. The number of nitriles is 1. The summed E-state index contributed by atoms with van der Waals surface area (Å²) in [7, 11) is 6.28. The Bertz CT molecular complexity index is 1120. The molecule has 0 saturated heterocycles. The van der Waals surface area contributed by atoms with E-state index in [9.17, 15) is 0 Å². The number of nitrogens with one attached hydrogen (secondary N) is 2. The van der Waals surface area contributed by atoms with Gasteiger partial charge in [0.15, 0.2) is 17.9 Å². The molecular weight excluding hydrogens is 545 g/mol.